The first-order valence-corrected chi connectivity index (χ1v) is 8.67. The van der Waals surface area contributed by atoms with Crippen molar-refractivity contribution in [2.45, 2.75) is 45.9 Å². The van der Waals surface area contributed by atoms with E-state index in [0.29, 0.717) is 19.7 Å². The number of nitrogens with zero attached hydrogens (tertiary/aromatic N) is 1. The molecule has 0 aliphatic carbocycles. The highest BCUT2D eigenvalue weighted by Crippen LogP contribution is 2.25. The summed E-state index contributed by atoms with van der Waals surface area (Å²) in [6.45, 7) is 7.48. The van der Waals surface area contributed by atoms with Gasteiger partial charge in [-0.1, -0.05) is 36.4 Å². The molecule has 0 radical (unpaired) electrons. The predicted molar refractivity (Wildman–Crippen MR) is 97.6 cm³/mol. The first-order valence-electron chi connectivity index (χ1n) is 8.67. The first kappa shape index (κ1) is 17.3. The zero-order chi connectivity index (χ0) is 17.9. The van der Waals surface area contributed by atoms with Crippen molar-refractivity contribution in [2.75, 3.05) is 6.54 Å². The molecular formula is C21H25NO3. The van der Waals surface area contributed by atoms with Crippen molar-refractivity contribution in [3.63, 3.8) is 0 Å². The van der Waals surface area contributed by atoms with E-state index in [2.05, 4.69) is 18.2 Å². The molecule has 0 atom stereocenters. The molecule has 1 amide bonds. The van der Waals surface area contributed by atoms with E-state index in [1.165, 1.54) is 5.56 Å². The van der Waals surface area contributed by atoms with Crippen molar-refractivity contribution in [3.05, 3.63) is 65.2 Å². The summed E-state index contributed by atoms with van der Waals surface area (Å²) in [7, 11) is 0. The van der Waals surface area contributed by atoms with Crippen LogP contribution in [-0.4, -0.2) is 23.1 Å². The lowest BCUT2D eigenvalue weighted by Gasteiger charge is -2.31. The summed E-state index contributed by atoms with van der Waals surface area (Å²) in [5.41, 5.74) is 3.08. The number of hydrogen-bond acceptors (Lipinski definition) is 3. The molecule has 25 heavy (non-hydrogen) atoms. The highest BCUT2D eigenvalue weighted by molar-refractivity contribution is 5.68. The monoisotopic (exact) mass is 339 g/mol. The van der Waals surface area contributed by atoms with Gasteiger partial charge < -0.3 is 14.4 Å². The van der Waals surface area contributed by atoms with Crippen molar-refractivity contribution in [2.24, 2.45) is 0 Å². The Kier molecular flexibility index (Phi) is 4.98. The number of fused-ring (bicyclic) bond motifs is 1. The topological polar surface area (TPSA) is 38.8 Å². The molecule has 0 unspecified atom stereocenters. The Morgan fingerprint density at radius 3 is 2.56 bits per heavy atom. The van der Waals surface area contributed by atoms with Crippen molar-refractivity contribution in [1.29, 1.82) is 0 Å². The van der Waals surface area contributed by atoms with Crippen LogP contribution >= 0.6 is 0 Å². The van der Waals surface area contributed by atoms with E-state index in [9.17, 15) is 4.79 Å². The van der Waals surface area contributed by atoms with Crippen LogP contribution in [0, 0.1) is 0 Å². The average molecular weight is 339 g/mol. The van der Waals surface area contributed by atoms with Crippen LogP contribution in [0.4, 0.5) is 4.79 Å². The van der Waals surface area contributed by atoms with Gasteiger partial charge in [-0.25, -0.2) is 4.79 Å². The van der Waals surface area contributed by atoms with Gasteiger partial charge in [-0.05, 0) is 56.0 Å². The van der Waals surface area contributed by atoms with Gasteiger partial charge in [0.1, 0.15) is 18.0 Å². The second-order valence-electron chi connectivity index (χ2n) is 7.36. The maximum absolute atomic E-state index is 12.2. The molecular weight excluding hydrogens is 314 g/mol. The van der Waals surface area contributed by atoms with Crippen molar-refractivity contribution < 1.29 is 14.3 Å². The molecule has 1 aliphatic rings. The van der Waals surface area contributed by atoms with E-state index in [1.807, 2.05) is 51.1 Å². The van der Waals surface area contributed by atoms with Crippen LogP contribution in [0.25, 0.3) is 0 Å². The minimum Gasteiger partial charge on any atom is -0.489 e. The number of amides is 1. The van der Waals surface area contributed by atoms with Crippen LogP contribution in [-0.2, 0) is 24.3 Å². The van der Waals surface area contributed by atoms with E-state index < -0.39 is 5.60 Å². The minimum absolute atomic E-state index is 0.248. The lowest BCUT2D eigenvalue weighted by molar-refractivity contribution is 0.0224. The molecule has 0 spiro atoms. The summed E-state index contributed by atoms with van der Waals surface area (Å²) < 4.78 is 11.4. The van der Waals surface area contributed by atoms with Gasteiger partial charge in [0.05, 0.1) is 0 Å². The van der Waals surface area contributed by atoms with Crippen LogP contribution in [0.2, 0.25) is 0 Å². The molecule has 1 heterocycles. The number of carbonyl (C=O) groups excluding carboxylic acids is 1. The van der Waals surface area contributed by atoms with E-state index in [0.717, 1.165) is 23.3 Å². The molecule has 4 nitrogen and oxygen atoms in total. The fourth-order valence-corrected chi connectivity index (χ4v) is 2.84. The molecule has 0 bridgehead atoms. The maximum atomic E-state index is 12.2. The fraction of sp³-hybridized carbons (Fsp3) is 0.381. The summed E-state index contributed by atoms with van der Waals surface area (Å²) in [6, 6.07) is 16.2. The van der Waals surface area contributed by atoms with Gasteiger partial charge in [-0.15, -0.1) is 0 Å². The Labute approximate surface area is 149 Å². The van der Waals surface area contributed by atoms with Crippen LogP contribution < -0.4 is 4.74 Å². The molecule has 0 saturated heterocycles. The molecule has 2 aromatic rings. The van der Waals surface area contributed by atoms with Crippen molar-refractivity contribution in [1.82, 2.24) is 4.90 Å². The molecule has 0 aromatic heterocycles. The molecule has 1 aliphatic heterocycles. The second-order valence-corrected chi connectivity index (χ2v) is 7.36. The quantitative estimate of drug-likeness (QED) is 0.823. The van der Waals surface area contributed by atoms with Gasteiger partial charge in [0.15, 0.2) is 0 Å². The molecule has 3 rings (SSSR count). The Balaban J connectivity index is 1.62. The van der Waals surface area contributed by atoms with Crippen LogP contribution in [0.1, 0.15) is 37.5 Å². The Bertz CT molecular complexity index is 735. The summed E-state index contributed by atoms with van der Waals surface area (Å²) in [4.78, 5) is 14.0. The summed E-state index contributed by atoms with van der Waals surface area (Å²) in [6.07, 6.45) is 0.569. The minimum atomic E-state index is -0.466. The standard InChI is InChI=1S/C21H25NO3/c1-21(2,3)25-20(23)22-12-11-17-13-19(10-9-18(17)14-22)24-15-16-7-5-4-6-8-16/h4-10,13H,11-12,14-15H2,1-3H3. The number of rotatable bonds is 3. The Morgan fingerprint density at radius 1 is 1.08 bits per heavy atom. The van der Waals surface area contributed by atoms with Gasteiger partial charge in [0, 0.05) is 13.1 Å². The largest absolute Gasteiger partial charge is 0.489 e. The second kappa shape index (κ2) is 7.18. The normalized spacial score (nSPS) is 14.0. The van der Waals surface area contributed by atoms with E-state index >= 15 is 0 Å². The number of hydrogen-bond donors (Lipinski definition) is 0. The van der Waals surface area contributed by atoms with Crippen LogP contribution in [0.3, 0.4) is 0 Å². The van der Waals surface area contributed by atoms with Crippen LogP contribution in [0.15, 0.2) is 48.5 Å². The zero-order valence-electron chi connectivity index (χ0n) is 15.1. The molecule has 2 aromatic carbocycles. The lowest BCUT2D eigenvalue weighted by Crippen LogP contribution is -2.39. The van der Waals surface area contributed by atoms with Gasteiger partial charge in [0.25, 0.3) is 0 Å². The fourth-order valence-electron chi connectivity index (χ4n) is 2.84. The molecule has 0 N–H and O–H groups in total. The molecule has 0 saturated carbocycles. The smallest absolute Gasteiger partial charge is 0.410 e. The summed E-state index contributed by atoms with van der Waals surface area (Å²) >= 11 is 0. The third-order valence-electron chi connectivity index (χ3n) is 4.09. The third-order valence-corrected chi connectivity index (χ3v) is 4.09. The van der Waals surface area contributed by atoms with E-state index in [-0.39, 0.29) is 6.09 Å². The molecule has 4 heteroatoms. The predicted octanol–water partition coefficient (Wildman–Crippen LogP) is 4.56. The first-order chi connectivity index (χ1) is 11.9. The number of ether oxygens (including phenoxy) is 2. The van der Waals surface area contributed by atoms with Gasteiger partial charge >= 0.3 is 6.09 Å². The van der Waals surface area contributed by atoms with Gasteiger partial charge in [-0.3, -0.25) is 0 Å². The average Bonchev–Trinajstić information content (AvgIpc) is 2.59. The SMILES string of the molecule is CC(C)(C)OC(=O)N1CCc2cc(OCc3ccccc3)ccc2C1. The van der Waals surface area contributed by atoms with E-state index in [4.69, 9.17) is 9.47 Å². The zero-order valence-corrected chi connectivity index (χ0v) is 15.1. The van der Waals surface area contributed by atoms with E-state index in [1.54, 1.807) is 4.90 Å². The third kappa shape index (κ3) is 4.75. The van der Waals surface area contributed by atoms with Crippen molar-refractivity contribution >= 4 is 6.09 Å². The number of benzene rings is 2. The Hall–Kier alpha value is -2.49. The Morgan fingerprint density at radius 2 is 1.84 bits per heavy atom. The maximum Gasteiger partial charge on any atom is 0.410 e. The van der Waals surface area contributed by atoms with Gasteiger partial charge in [-0.2, -0.15) is 0 Å². The highest BCUT2D eigenvalue weighted by atomic mass is 16.6. The van der Waals surface area contributed by atoms with Crippen LogP contribution in [0.5, 0.6) is 5.75 Å². The highest BCUT2D eigenvalue weighted by Gasteiger charge is 2.25. The molecule has 132 valence electrons. The summed E-state index contributed by atoms with van der Waals surface area (Å²) in [5.74, 6) is 0.869. The van der Waals surface area contributed by atoms with Gasteiger partial charge in [0.2, 0.25) is 0 Å². The van der Waals surface area contributed by atoms with Crippen molar-refractivity contribution in [3.8, 4) is 5.75 Å². The number of carbonyl (C=O) groups is 1. The lowest BCUT2D eigenvalue weighted by atomic mass is 10.00. The summed E-state index contributed by atoms with van der Waals surface area (Å²) in [5, 5.41) is 0. The molecule has 0 fully saturated rings.